The highest BCUT2D eigenvalue weighted by Gasteiger charge is 2.52. The van der Waals surface area contributed by atoms with Gasteiger partial charge in [0.2, 0.25) is 0 Å². The summed E-state index contributed by atoms with van der Waals surface area (Å²) in [6.07, 6.45) is 10.8. The number of hydrogen-bond acceptors (Lipinski definition) is 3. The molecule has 0 aromatic rings. The highest BCUT2D eigenvalue weighted by Crippen LogP contribution is 2.38. The minimum absolute atomic E-state index is 0.183. The summed E-state index contributed by atoms with van der Waals surface area (Å²) in [6, 6.07) is 0. The van der Waals surface area contributed by atoms with Crippen LogP contribution in [0, 0.1) is 11.8 Å². The molecule has 19 heavy (non-hydrogen) atoms. The van der Waals surface area contributed by atoms with Crippen LogP contribution in [0.2, 0.25) is 0 Å². The number of carbonyl (C=O) groups is 1. The third kappa shape index (κ3) is 3.03. The molecule has 0 aromatic carbocycles. The Morgan fingerprint density at radius 2 is 1.53 bits per heavy atom. The van der Waals surface area contributed by atoms with Crippen LogP contribution in [0.3, 0.4) is 0 Å². The molecule has 3 aliphatic rings. The van der Waals surface area contributed by atoms with Gasteiger partial charge >= 0.3 is 0 Å². The number of aliphatic hydroxyl groups is 1. The predicted molar refractivity (Wildman–Crippen MR) is 72.8 cm³/mol. The molecule has 1 heterocycles. The topological polar surface area (TPSA) is 49.8 Å². The Morgan fingerprint density at radius 1 is 0.947 bits per heavy atom. The van der Waals surface area contributed by atoms with Crippen molar-refractivity contribution < 1.29 is 14.6 Å². The minimum Gasteiger partial charge on any atom is -0.390 e. The zero-order chi connectivity index (χ0) is 13.2. The van der Waals surface area contributed by atoms with Crippen LogP contribution < -0.4 is 0 Å². The Kier molecular flexibility index (Phi) is 4.23. The number of rotatable bonds is 4. The van der Waals surface area contributed by atoms with Gasteiger partial charge in [0.05, 0.1) is 6.10 Å². The molecule has 0 aromatic heterocycles. The van der Waals surface area contributed by atoms with Gasteiger partial charge in [-0.05, 0) is 31.6 Å². The van der Waals surface area contributed by atoms with E-state index >= 15 is 0 Å². The first-order valence-electron chi connectivity index (χ1n) is 8.14. The maximum absolute atomic E-state index is 12.3. The van der Waals surface area contributed by atoms with Gasteiger partial charge in [0.15, 0.2) is 5.78 Å². The smallest absolute Gasteiger partial charge is 0.167 e. The van der Waals surface area contributed by atoms with Gasteiger partial charge in [-0.2, -0.15) is 0 Å². The van der Waals surface area contributed by atoms with Crippen LogP contribution in [0.1, 0.15) is 64.2 Å². The molecule has 2 saturated carbocycles. The fraction of sp³-hybridized carbons (Fsp3) is 0.938. The molecule has 3 nitrogen and oxygen atoms in total. The monoisotopic (exact) mass is 266 g/mol. The Labute approximate surface area is 115 Å². The van der Waals surface area contributed by atoms with E-state index in [0.717, 1.165) is 25.7 Å². The van der Waals surface area contributed by atoms with E-state index in [0.29, 0.717) is 5.92 Å². The number of ether oxygens (including phenoxy) is 1. The number of ketones is 1. The zero-order valence-electron chi connectivity index (χ0n) is 11.7. The summed E-state index contributed by atoms with van der Waals surface area (Å²) < 4.78 is 5.55. The van der Waals surface area contributed by atoms with Crippen LogP contribution in [0.5, 0.6) is 0 Å². The van der Waals surface area contributed by atoms with E-state index < -0.39 is 6.10 Å². The first-order valence-corrected chi connectivity index (χ1v) is 8.14. The summed E-state index contributed by atoms with van der Waals surface area (Å²) in [6.45, 7) is 0. The number of Topliss-reactive ketones (excluding diaryl/α,β-unsaturated/α-hetero) is 1. The van der Waals surface area contributed by atoms with E-state index in [1.165, 1.54) is 38.5 Å². The highest BCUT2D eigenvalue weighted by atomic mass is 16.6. The molecule has 0 bridgehead atoms. The Bertz CT molecular complexity index is 316. The maximum atomic E-state index is 12.3. The number of epoxide rings is 1. The van der Waals surface area contributed by atoms with Crippen LogP contribution in [0.25, 0.3) is 0 Å². The Hall–Kier alpha value is -0.410. The van der Waals surface area contributed by atoms with Crippen molar-refractivity contribution in [3.05, 3.63) is 0 Å². The summed E-state index contributed by atoms with van der Waals surface area (Å²) in [5, 5.41) is 10.4. The highest BCUT2D eigenvalue weighted by molar-refractivity contribution is 5.88. The lowest BCUT2D eigenvalue weighted by Gasteiger charge is -2.25. The molecule has 3 heteroatoms. The van der Waals surface area contributed by atoms with E-state index in [-0.39, 0.29) is 23.9 Å². The third-order valence-electron chi connectivity index (χ3n) is 5.28. The first kappa shape index (κ1) is 13.6. The van der Waals surface area contributed by atoms with Crippen molar-refractivity contribution in [1.29, 1.82) is 0 Å². The van der Waals surface area contributed by atoms with Gasteiger partial charge in [0, 0.05) is 5.92 Å². The van der Waals surface area contributed by atoms with Gasteiger partial charge in [0.1, 0.15) is 12.2 Å². The number of aliphatic hydroxyl groups excluding tert-OH is 1. The summed E-state index contributed by atoms with van der Waals surface area (Å²) in [4.78, 5) is 12.3. The molecule has 3 atom stereocenters. The molecule has 1 N–H and O–H groups in total. The zero-order valence-corrected chi connectivity index (χ0v) is 11.7. The molecule has 1 saturated heterocycles. The average Bonchev–Trinajstić information content (AvgIpc) is 3.28. The van der Waals surface area contributed by atoms with Gasteiger partial charge in [-0.1, -0.05) is 38.5 Å². The molecule has 108 valence electrons. The Balaban J connectivity index is 1.50. The van der Waals surface area contributed by atoms with Gasteiger partial charge < -0.3 is 9.84 Å². The van der Waals surface area contributed by atoms with Crippen molar-refractivity contribution in [2.75, 3.05) is 0 Å². The lowest BCUT2D eigenvalue weighted by Crippen LogP contribution is -2.32. The van der Waals surface area contributed by atoms with Crippen LogP contribution in [0.15, 0.2) is 0 Å². The van der Waals surface area contributed by atoms with E-state index in [1.54, 1.807) is 0 Å². The van der Waals surface area contributed by atoms with Crippen molar-refractivity contribution in [3.8, 4) is 0 Å². The Morgan fingerprint density at radius 3 is 2.16 bits per heavy atom. The normalized spacial score (nSPS) is 35.0. The second kappa shape index (κ2) is 5.92. The van der Waals surface area contributed by atoms with Crippen molar-refractivity contribution in [3.63, 3.8) is 0 Å². The average molecular weight is 266 g/mol. The van der Waals surface area contributed by atoms with E-state index in [4.69, 9.17) is 4.74 Å². The lowest BCUT2D eigenvalue weighted by molar-refractivity contribution is -0.125. The van der Waals surface area contributed by atoms with Crippen molar-refractivity contribution >= 4 is 5.78 Å². The third-order valence-corrected chi connectivity index (χ3v) is 5.28. The summed E-state index contributed by atoms with van der Waals surface area (Å²) in [7, 11) is 0. The molecule has 1 aliphatic heterocycles. The van der Waals surface area contributed by atoms with E-state index in [9.17, 15) is 9.90 Å². The standard InChI is InChI=1S/C16H26O3/c17-13(11-7-3-1-4-8-11)15-16(19-15)14(18)12-9-5-2-6-10-12/h11-13,15-17H,1-10H2/t13-,15+,16-/m0/s1. The van der Waals surface area contributed by atoms with E-state index in [1.807, 2.05) is 0 Å². The minimum atomic E-state index is -0.405. The van der Waals surface area contributed by atoms with E-state index in [2.05, 4.69) is 0 Å². The SMILES string of the molecule is O=C(C1CCCCC1)[C@@H]1O[C@@H]1[C@@H](O)C1CCCCC1. The second-order valence-electron chi connectivity index (χ2n) is 6.65. The molecule has 2 aliphatic carbocycles. The molecule has 0 radical (unpaired) electrons. The van der Waals surface area contributed by atoms with Crippen molar-refractivity contribution in [1.82, 2.24) is 0 Å². The predicted octanol–water partition coefficient (Wildman–Crippen LogP) is 2.84. The van der Waals surface area contributed by atoms with Gasteiger partial charge in [-0.15, -0.1) is 0 Å². The summed E-state index contributed by atoms with van der Waals surface area (Å²) in [5.74, 6) is 0.852. The fourth-order valence-corrected chi connectivity index (χ4v) is 3.98. The van der Waals surface area contributed by atoms with Gasteiger partial charge in [-0.25, -0.2) is 0 Å². The molecule has 3 rings (SSSR count). The van der Waals surface area contributed by atoms with Crippen LogP contribution in [0.4, 0.5) is 0 Å². The van der Waals surface area contributed by atoms with Crippen LogP contribution >= 0.6 is 0 Å². The quantitative estimate of drug-likeness (QED) is 0.796. The molecule has 3 fully saturated rings. The molecular weight excluding hydrogens is 240 g/mol. The second-order valence-corrected chi connectivity index (χ2v) is 6.65. The lowest BCUT2D eigenvalue weighted by atomic mass is 9.81. The van der Waals surface area contributed by atoms with Gasteiger partial charge in [0.25, 0.3) is 0 Å². The maximum Gasteiger partial charge on any atom is 0.167 e. The van der Waals surface area contributed by atoms with Gasteiger partial charge in [-0.3, -0.25) is 4.79 Å². The molecular formula is C16H26O3. The van der Waals surface area contributed by atoms with Crippen molar-refractivity contribution in [2.24, 2.45) is 11.8 Å². The molecule has 0 amide bonds. The molecule has 0 unspecified atom stereocenters. The van der Waals surface area contributed by atoms with Crippen LogP contribution in [-0.4, -0.2) is 29.2 Å². The molecule has 0 spiro atoms. The van der Waals surface area contributed by atoms with Crippen molar-refractivity contribution in [2.45, 2.75) is 82.5 Å². The first-order chi connectivity index (χ1) is 9.27. The fourth-order valence-electron chi connectivity index (χ4n) is 3.98. The summed E-state index contributed by atoms with van der Waals surface area (Å²) >= 11 is 0. The van der Waals surface area contributed by atoms with Crippen LogP contribution in [-0.2, 0) is 9.53 Å². The number of hydrogen-bond donors (Lipinski definition) is 1. The number of carbonyl (C=O) groups excluding carboxylic acids is 1. The largest absolute Gasteiger partial charge is 0.390 e. The summed E-state index contributed by atoms with van der Waals surface area (Å²) in [5.41, 5.74) is 0.